The van der Waals surface area contributed by atoms with Crippen LogP contribution in [0.1, 0.15) is 29.7 Å². The highest BCUT2D eigenvalue weighted by atomic mass is 32.2. The van der Waals surface area contributed by atoms with Gasteiger partial charge in [-0.2, -0.15) is 0 Å². The number of likely N-dealkylation sites (tertiary alicyclic amines) is 1. The zero-order valence-corrected chi connectivity index (χ0v) is 14.1. The number of amides is 1. The Morgan fingerprint density at radius 1 is 1.57 bits per heavy atom. The molecule has 0 bridgehead atoms. The van der Waals surface area contributed by atoms with Crippen LogP contribution in [-0.4, -0.2) is 44.7 Å². The molecule has 0 radical (unpaired) electrons. The molecule has 3 rings (SSSR count). The average Bonchev–Trinajstić information content (AvgIpc) is 3.25. The van der Waals surface area contributed by atoms with Gasteiger partial charge in [-0.05, 0) is 25.5 Å². The van der Waals surface area contributed by atoms with Crippen molar-refractivity contribution in [3.8, 4) is 0 Å². The molecule has 7 heteroatoms. The highest BCUT2D eigenvalue weighted by Gasteiger charge is 2.30. The van der Waals surface area contributed by atoms with Gasteiger partial charge < -0.3 is 19.0 Å². The number of furan rings is 1. The van der Waals surface area contributed by atoms with E-state index in [0.29, 0.717) is 24.6 Å². The first-order chi connectivity index (χ1) is 11.0. The minimum atomic E-state index is -0.380. The third-order valence-electron chi connectivity index (χ3n) is 4.19. The number of aliphatic hydroxyl groups is 1. The minimum absolute atomic E-state index is 0.0959. The van der Waals surface area contributed by atoms with Crippen molar-refractivity contribution in [3.63, 3.8) is 0 Å². The number of aromatic nitrogens is 2. The van der Waals surface area contributed by atoms with Gasteiger partial charge in [0.1, 0.15) is 5.76 Å². The summed E-state index contributed by atoms with van der Waals surface area (Å²) in [6.45, 7) is 3.04. The largest absolute Gasteiger partial charge is 0.455 e. The van der Waals surface area contributed by atoms with E-state index < -0.39 is 0 Å². The standard InChI is InChI=1S/C16H21N3O3S/c1-11(20)12-5-7-19(9-12)15(21)14-4-3-13(22-14)10-23-16-17-6-8-18(16)2/h3-4,6,8,11-12,20H,5,7,9-10H2,1-2H3. The Morgan fingerprint density at radius 3 is 3.04 bits per heavy atom. The van der Waals surface area contributed by atoms with Crippen LogP contribution < -0.4 is 0 Å². The lowest BCUT2D eigenvalue weighted by Gasteiger charge is -2.16. The summed E-state index contributed by atoms with van der Waals surface area (Å²) >= 11 is 1.57. The molecular weight excluding hydrogens is 314 g/mol. The second kappa shape index (κ2) is 6.80. The maximum absolute atomic E-state index is 12.4. The third kappa shape index (κ3) is 3.61. The van der Waals surface area contributed by atoms with Crippen LogP contribution in [-0.2, 0) is 12.8 Å². The van der Waals surface area contributed by atoms with Gasteiger partial charge in [0.15, 0.2) is 10.9 Å². The molecule has 1 saturated heterocycles. The monoisotopic (exact) mass is 335 g/mol. The maximum atomic E-state index is 12.4. The van der Waals surface area contributed by atoms with E-state index >= 15 is 0 Å². The van der Waals surface area contributed by atoms with E-state index in [1.807, 2.05) is 23.9 Å². The highest BCUT2D eigenvalue weighted by Crippen LogP contribution is 2.25. The fraction of sp³-hybridized carbons (Fsp3) is 0.500. The van der Waals surface area contributed by atoms with Gasteiger partial charge in [0, 0.05) is 38.4 Å². The Hall–Kier alpha value is -1.73. The molecule has 124 valence electrons. The zero-order valence-electron chi connectivity index (χ0n) is 13.3. The molecule has 1 N–H and O–H groups in total. The zero-order chi connectivity index (χ0) is 16.4. The molecule has 0 saturated carbocycles. The predicted molar refractivity (Wildman–Crippen MR) is 87.2 cm³/mol. The smallest absolute Gasteiger partial charge is 0.289 e. The van der Waals surface area contributed by atoms with E-state index in [0.717, 1.165) is 17.3 Å². The molecule has 0 aromatic carbocycles. The Kier molecular flexibility index (Phi) is 4.77. The van der Waals surface area contributed by atoms with E-state index in [9.17, 15) is 9.90 Å². The summed E-state index contributed by atoms with van der Waals surface area (Å²) in [6, 6.07) is 3.57. The second-order valence-corrected chi connectivity index (χ2v) is 6.86. The number of hydrogen-bond donors (Lipinski definition) is 1. The molecule has 2 aromatic heterocycles. The van der Waals surface area contributed by atoms with Gasteiger partial charge in [-0.1, -0.05) is 11.8 Å². The van der Waals surface area contributed by atoms with Crippen LogP contribution in [0.2, 0.25) is 0 Å². The van der Waals surface area contributed by atoms with Gasteiger partial charge >= 0.3 is 0 Å². The van der Waals surface area contributed by atoms with Crippen molar-refractivity contribution < 1.29 is 14.3 Å². The number of thioether (sulfide) groups is 1. The molecule has 1 fully saturated rings. The number of carbonyl (C=O) groups excluding carboxylic acids is 1. The van der Waals surface area contributed by atoms with Crippen LogP contribution in [0.3, 0.4) is 0 Å². The molecule has 1 aliphatic rings. The van der Waals surface area contributed by atoms with E-state index in [2.05, 4.69) is 4.98 Å². The molecule has 2 aromatic rings. The number of rotatable bonds is 5. The Morgan fingerprint density at radius 2 is 2.39 bits per heavy atom. The van der Waals surface area contributed by atoms with Crippen LogP contribution in [0.15, 0.2) is 34.1 Å². The lowest BCUT2D eigenvalue weighted by atomic mass is 10.0. The van der Waals surface area contributed by atoms with E-state index in [1.54, 1.807) is 35.8 Å². The molecule has 23 heavy (non-hydrogen) atoms. The summed E-state index contributed by atoms with van der Waals surface area (Å²) in [7, 11) is 1.94. The summed E-state index contributed by atoms with van der Waals surface area (Å²) in [5, 5.41) is 10.5. The van der Waals surface area contributed by atoms with Crippen molar-refractivity contribution in [2.75, 3.05) is 13.1 Å². The first-order valence-corrected chi connectivity index (χ1v) is 8.69. The molecular formula is C16H21N3O3S. The molecule has 0 spiro atoms. The summed E-state index contributed by atoms with van der Waals surface area (Å²) in [6.07, 6.45) is 4.11. The van der Waals surface area contributed by atoms with Crippen molar-refractivity contribution in [2.24, 2.45) is 13.0 Å². The topological polar surface area (TPSA) is 71.5 Å². The number of carbonyl (C=O) groups is 1. The summed E-state index contributed by atoms with van der Waals surface area (Å²) in [5.41, 5.74) is 0. The van der Waals surface area contributed by atoms with Gasteiger partial charge in [0.2, 0.25) is 0 Å². The second-order valence-electron chi connectivity index (χ2n) is 5.92. The van der Waals surface area contributed by atoms with Crippen LogP contribution in [0.25, 0.3) is 0 Å². The van der Waals surface area contributed by atoms with E-state index in [-0.39, 0.29) is 17.9 Å². The molecule has 6 nitrogen and oxygen atoms in total. The Labute approximate surface area is 139 Å². The third-order valence-corrected chi connectivity index (χ3v) is 5.27. The van der Waals surface area contributed by atoms with Gasteiger partial charge in [-0.15, -0.1) is 0 Å². The van der Waals surface area contributed by atoms with Crippen molar-refractivity contribution in [1.82, 2.24) is 14.5 Å². The number of hydrogen-bond acceptors (Lipinski definition) is 5. The van der Waals surface area contributed by atoms with Crippen LogP contribution in [0.4, 0.5) is 0 Å². The van der Waals surface area contributed by atoms with Crippen molar-refractivity contribution >= 4 is 17.7 Å². The number of imidazole rings is 1. The fourth-order valence-corrected chi connectivity index (χ4v) is 3.54. The van der Waals surface area contributed by atoms with E-state index in [1.165, 1.54) is 0 Å². The quantitative estimate of drug-likeness (QED) is 0.848. The van der Waals surface area contributed by atoms with Crippen molar-refractivity contribution in [2.45, 2.75) is 30.4 Å². The Balaban J connectivity index is 1.58. The summed E-state index contributed by atoms with van der Waals surface area (Å²) in [5.74, 6) is 1.82. The van der Waals surface area contributed by atoms with Gasteiger partial charge in [0.05, 0.1) is 11.9 Å². The van der Waals surface area contributed by atoms with Crippen LogP contribution >= 0.6 is 11.8 Å². The molecule has 0 aliphatic carbocycles. The van der Waals surface area contributed by atoms with E-state index in [4.69, 9.17) is 4.42 Å². The summed E-state index contributed by atoms with van der Waals surface area (Å²) < 4.78 is 7.62. The maximum Gasteiger partial charge on any atom is 0.289 e. The number of nitrogens with zero attached hydrogens (tertiary/aromatic N) is 3. The minimum Gasteiger partial charge on any atom is -0.455 e. The molecule has 2 unspecified atom stereocenters. The van der Waals surface area contributed by atoms with Gasteiger partial charge in [-0.3, -0.25) is 4.79 Å². The molecule has 3 heterocycles. The fourth-order valence-electron chi connectivity index (χ4n) is 2.72. The normalized spacial score (nSPS) is 19.3. The lowest BCUT2D eigenvalue weighted by Crippen LogP contribution is -2.30. The predicted octanol–water partition coefficient (Wildman–Crippen LogP) is 2.15. The summed E-state index contributed by atoms with van der Waals surface area (Å²) in [4.78, 5) is 18.4. The van der Waals surface area contributed by atoms with Crippen molar-refractivity contribution in [3.05, 3.63) is 36.0 Å². The van der Waals surface area contributed by atoms with Crippen LogP contribution in [0, 0.1) is 5.92 Å². The van der Waals surface area contributed by atoms with Crippen molar-refractivity contribution in [1.29, 1.82) is 0 Å². The first kappa shape index (κ1) is 16.1. The first-order valence-electron chi connectivity index (χ1n) is 7.71. The number of aliphatic hydroxyl groups excluding tert-OH is 1. The molecule has 1 amide bonds. The lowest BCUT2D eigenvalue weighted by molar-refractivity contribution is 0.0730. The Bertz CT molecular complexity index is 680. The van der Waals surface area contributed by atoms with Gasteiger partial charge in [0.25, 0.3) is 5.91 Å². The number of aryl methyl sites for hydroxylation is 1. The van der Waals surface area contributed by atoms with Crippen LogP contribution in [0.5, 0.6) is 0 Å². The molecule has 1 aliphatic heterocycles. The highest BCUT2D eigenvalue weighted by molar-refractivity contribution is 7.98. The average molecular weight is 335 g/mol. The SMILES string of the molecule is CC(O)C1CCN(C(=O)c2ccc(CSc3nccn3C)o2)C1. The van der Waals surface area contributed by atoms with Gasteiger partial charge in [-0.25, -0.2) is 4.98 Å². The molecule has 2 atom stereocenters.